The molecule has 3 unspecified atom stereocenters. The van der Waals surface area contributed by atoms with Gasteiger partial charge in [-0.15, -0.1) is 0 Å². The van der Waals surface area contributed by atoms with E-state index in [0.29, 0.717) is 19.3 Å². The Balaban J connectivity index is 4.56. The molecule has 6 heteroatoms. The first-order valence-electron chi connectivity index (χ1n) is 22.4. The van der Waals surface area contributed by atoms with Gasteiger partial charge < -0.3 is 20.3 Å². The van der Waals surface area contributed by atoms with Crippen molar-refractivity contribution in [2.75, 3.05) is 6.61 Å². The number of aliphatic hydroxyl groups excluding tert-OH is 2. The van der Waals surface area contributed by atoms with Gasteiger partial charge in [-0.1, -0.05) is 187 Å². The molecule has 51 heavy (non-hydrogen) atoms. The van der Waals surface area contributed by atoms with Gasteiger partial charge in [-0.25, -0.2) is 0 Å². The van der Waals surface area contributed by atoms with E-state index >= 15 is 0 Å². The number of allylic oxidation sites excluding steroid dienone is 2. The van der Waals surface area contributed by atoms with Crippen molar-refractivity contribution < 1.29 is 24.5 Å². The van der Waals surface area contributed by atoms with Crippen LogP contribution in [0.2, 0.25) is 0 Å². The second kappa shape index (κ2) is 39.8. The Morgan fingerprint density at radius 1 is 0.549 bits per heavy atom. The highest BCUT2D eigenvalue weighted by molar-refractivity contribution is 5.77. The summed E-state index contributed by atoms with van der Waals surface area (Å²) in [7, 11) is 0. The van der Waals surface area contributed by atoms with E-state index in [0.717, 1.165) is 51.4 Å². The number of carbonyl (C=O) groups is 2. The summed E-state index contributed by atoms with van der Waals surface area (Å²) in [6.45, 7) is 6.43. The standard InChI is InChI=1S/C45H87NO5/c1-4-7-10-13-16-19-22-23-26-29-32-35-38-45(50)51-41(36-33-30-27-24-20-17-14-11-8-5-2)39-44(49)46-42(40-47)43(48)37-34-31-28-25-21-18-15-12-9-6-3/h16,19,41-43,47-48H,4-15,17-18,20-40H2,1-3H3,(H,46,49)/b19-16-. The Labute approximate surface area is 317 Å². The fourth-order valence-electron chi connectivity index (χ4n) is 6.89. The minimum atomic E-state index is -0.780. The van der Waals surface area contributed by atoms with Crippen molar-refractivity contribution in [2.24, 2.45) is 0 Å². The lowest BCUT2D eigenvalue weighted by Crippen LogP contribution is -2.46. The lowest BCUT2D eigenvalue weighted by molar-refractivity contribution is -0.151. The average molecular weight is 722 g/mol. The molecule has 0 rings (SSSR count). The Bertz CT molecular complexity index is 772. The van der Waals surface area contributed by atoms with Gasteiger partial charge in [-0.05, 0) is 51.4 Å². The molecule has 0 aliphatic heterocycles. The first kappa shape index (κ1) is 49.6. The van der Waals surface area contributed by atoms with Gasteiger partial charge in [0, 0.05) is 6.42 Å². The summed E-state index contributed by atoms with van der Waals surface area (Å²) in [5.41, 5.74) is 0. The molecule has 0 aliphatic rings. The van der Waals surface area contributed by atoms with Crippen molar-refractivity contribution in [3.05, 3.63) is 12.2 Å². The first-order valence-corrected chi connectivity index (χ1v) is 22.4. The summed E-state index contributed by atoms with van der Waals surface area (Å²) in [4.78, 5) is 25.9. The highest BCUT2D eigenvalue weighted by Crippen LogP contribution is 2.18. The minimum absolute atomic E-state index is 0.0800. The molecule has 0 spiro atoms. The van der Waals surface area contributed by atoms with Crippen molar-refractivity contribution in [3.63, 3.8) is 0 Å². The Hall–Kier alpha value is -1.40. The molecule has 0 saturated carbocycles. The number of unbranched alkanes of at least 4 members (excludes halogenated alkanes) is 26. The number of carbonyl (C=O) groups excluding carboxylic acids is 2. The van der Waals surface area contributed by atoms with Crippen molar-refractivity contribution in [2.45, 2.75) is 257 Å². The van der Waals surface area contributed by atoms with Crippen LogP contribution in [0.15, 0.2) is 12.2 Å². The third kappa shape index (κ3) is 35.4. The number of aliphatic hydroxyl groups is 2. The van der Waals surface area contributed by atoms with Gasteiger partial charge in [0.25, 0.3) is 0 Å². The molecule has 3 atom stereocenters. The summed E-state index contributed by atoms with van der Waals surface area (Å²) >= 11 is 0. The van der Waals surface area contributed by atoms with E-state index in [9.17, 15) is 19.8 Å². The number of nitrogens with one attached hydrogen (secondary N) is 1. The molecule has 0 aromatic heterocycles. The van der Waals surface area contributed by atoms with Gasteiger partial charge >= 0.3 is 5.97 Å². The van der Waals surface area contributed by atoms with Crippen LogP contribution in [0.4, 0.5) is 0 Å². The van der Waals surface area contributed by atoms with Crippen LogP contribution in [0.25, 0.3) is 0 Å². The highest BCUT2D eigenvalue weighted by atomic mass is 16.5. The number of hydrogen-bond donors (Lipinski definition) is 3. The van der Waals surface area contributed by atoms with Crippen molar-refractivity contribution in [3.8, 4) is 0 Å². The van der Waals surface area contributed by atoms with E-state index < -0.39 is 18.2 Å². The lowest BCUT2D eigenvalue weighted by Gasteiger charge is -2.24. The maximum absolute atomic E-state index is 13.1. The van der Waals surface area contributed by atoms with Crippen LogP contribution in [0.5, 0.6) is 0 Å². The summed E-state index contributed by atoms with van der Waals surface area (Å²) in [6.07, 6.45) is 41.2. The lowest BCUT2D eigenvalue weighted by atomic mass is 10.0. The van der Waals surface area contributed by atoms with Gasteiger partial charge in [0.15, 0.2) is 0 Å². The topological polar surface area (TPSA) is 95.9 Å². The molecule has 0 radical (unpaired) electrons. The Kier molecular flexibility index (Phi) is 38.7. The minimum Gasteiger partial charge on any atom is -0.462 e. The summed E-state index contributed by atoms with van der Waals surface area (Å²) in [6, 6.07) is -0.693. The van der Waals surface area contributed by atoms with Crippen LogP contribution < -0.4 is 5.32 Å². The zero-order valence-electron chi connectivity index (χ0n) is 34.3. The predicted octanol–water partition coefficient (Wildman–Crippen LogP) is 12.6. The normalized spacial score (nSPS) is 13.4. The maximum atomic E-state index is 13.1. The second-order valence-electron chi connectivity index (χ2n) is 15.5. The molecule has 0 aromatic carbocycles. The third-order valence-electron chi connectivity index (χ3n) is 10.3. The van der Waals surface area contributed by atoms with E-state index in [-0.39, 0.29) is 24.9 Å². The maximum Gasteiger partial charge on any atom is 0.306 e. The Morgan fingerprint density at radius 2 is 0.941 bits per heavy atom. The number of esters is 1. The molecule has 0 aromatic rings. The van der Waals surface area contributed by atoms with E-state index in [1.54, 1.807) is 0 Å². The molecule has 0 aliphatic carbocycles. The average Bonchev–Trinajstić information content (AvgIpc) is 3.12. The number of ether oxygens (including phenoxy) is 1. The summed E-state index contributed by atoms with van der Waals surface area (Å²) in [5.74, 6) is -0.477. The largest absolute Gasteiger partial charge is 0.462 e. The van der Waals surface area contributed by atoms with Crippen LogP contribution in [-0.2, 0) is 14.3 Å². The Morgan fingerprint density at radius 3 is 1.43 bits per heavy atom. The van der Waals surface area contributed by atoms with Crippen LogP contribution in [0.1, 0.15) is 239 Å². The molecular weight excluding hydrogens is 634 g/mol. The third-order valence-corrected chi connectivity index (χ3v) is 10.3. The van der Waals surface area contributed by atoms with Crippen LogP contribution in [0.3, 0.4) is 0 Å². The van der Waals surface area contributed by atoms with Crippen molar-refractivity contribution in [1.29, 1.82) is 0 Å². The zero-order valence-corrected chi connectivity index (χ0v) is 34.3. The van der Waals surface area contributed by atoms with Gasteiger partial charge in [0.1, 0.15) is 6.10 Å². The predicted molar refractivity (Wildman–Crippen MR) is 218 cm³/mol. The van der Waals surface area contributed by atoms with E-state index in [2.05, 4.69) is 38.2 Å². The molecule has 0 fully saturated rings. The molecule has 3 N–H and O–H groups in total. The summed E-state index contributed by atoms with van der Waals surface area (Å²) in [5, 5.41) is 23.6. The molecule has 302 valence electrons. The first-order chi connectivity index (χ1) is 25.0. The van der Waals surface area contributed by atoms with Crippen molar-refractivity contribution >= 4 is 11.9 Å². The van der Waals surface area contributed by atoms with E-state index in [1.165, 1.54) is 141 Å². The van der Waals surface area contributed by atoms with Crippen LogP contribution in [-0.4, -0.2) is 46.9 Å². The SMILES string of the molecule is CCCCC/C=C\CCCCCCCC(=O)OC(CCCCCCCCCCCC)CC(=O)NC(CO)C(O)CCCCCCCCCCCC. The molecule has 0 saturated heterocycles. The number of rotatable bonds is 40. The van der Waals surface area contributed by atoms with E-state index in [4.69, 9.17) is 4.74 Å². The molecule has 0 bridgehead atoms. The fraction of sp³-hybridized carbons (Fsp3) is 0.911. The quantitative estimate of drug-likeness (QED) is 0.0332. The second-order valence-corrected chi connectivity index (χ2v) is 15.5. The number of hydrogen-bond acceptors (Lipinski definition) is 5. The zero-order chi connectivity index (χ0) is 37.5. The number of amides is 1. The van der Waals surface area contributed by atoms with E-state index in [1.807, 2.05) is 0 Å². The fourth-order valence-corrected chi connectivity index (χ4v) is 6.89. The van der Waals surface area contributed by atoms with Crippen LogP contribution >= 0.6 is 0 Å². The monoisotopic (exact) mass is 722 g/mol. The van der Waals surface area contributed by atoms with Crippen LogP contribution in [0, 0.1) is 0 Å². The van der Waals surface area contributed by atoms with Gasteiger partial charge in [0.05, 0.1) is 25.2 Å². The molecule has 6 nitrogen and oxygen atoms in total. The highest BCUT2D eigenvalue weighted by Gasteiger charge is 2.24. The van der Waals surface area contributed by atoms with Gasteiger partial charge in [-0.2, -0.15) is 0 Å². The molecule has 0 heterocycles. The van der Waals surface area contributed by atoms with Gasteiger partial charge in [0.2, 0.25) is 5.91 Å². The molecular formula is C45H87NO5. The summed E-state index contributed by atoms with van der Waals surface area (Å²) < 4.78 is 5.88. The van der Waals surface area contributed by atoms with Gasteiger partial charge in [-0.3, -0.25) is 9.59 Å². The van der Waals surface area contributed by atoms with Crippen molar-refractivity contribution in [1.82, 2.24) is 5.32 Å². The molecule has 1 amide bonds. The smallest absolute Gasteiger partial charge is 0.306 e.